The van der Waals surface area contributed by atoms with Crippen LogP contribution in [0.1, 0.15) is 0 Å². The van der Waals surface area contributed by atoms with Gasteiger partial charge in [-0.1, -0.05) is 24.3 Å². The maximum absolute atomic E-state index is 12.3. The molecule has 0 aliphatic carbocycles. The van der Waals surface area contributed by atoms with Gasteiger partial charge in [-0.05, 0) is 53.6 Å². The molecule has 0 aliphatic heterocycles. The SMILES string of the molecule is Nc1ccc2ncn(-c3cccc(-c4ccc(OC(F)(F)F)cc4)c3)c2c1. The molecule has 7 heteroatoms. The first-order valence-corrected chi connectivity index (χ1v) is 8.08. The molecule has 2 N–H and O–H groups in total. The number of benzene rings is 3. The lowest BCUT2D eigenvalue weighted by atomic mass is 10.0. The van der Waals surface area contributed by atoms with Gasteiger partial charge in [-0.3, -0.25) is 4.57 Å². The summed E-state index contributed by atoms with van der Waals surface area (Å²) in [6, 6.07) is 18.9. The highest BCUT2D eigenvalue weighted by Crippen LogP contribution is 2.28. The Balaban J connectivity index is 1.69. The van der Waals surface area contributed by atoms with Crippen LogP contribution in [0, 0.1) is 0 Å². The summed E-state index contributed by atoms with van der Waals surface area (Å²) in [6.07, 6.45) is -2.99. The third-order valence-electron chi connectivity index (χ3n) is 4.12. The zero-order valence-corrected chi connectivity index (χ0v) is 13.9. The molecule has 4 rings (SSSR count). The average Bonchev–Trinajstić information content (AvgIpc) is 3.04. The van der Waals surface area contributed by atoms with Gasteiger partial charge in [-0.15, -0.1) is 13.2 Å². The third-order valence-corrected chi connectivity index (χ3v) is 4.12. The maximum Gasteiger partial charge on any atom is 0.573 e. The standard InChI is InChI=1S/C20H14F3N3O/c21-20(22,23)27-17-7-4-13(5-8-17)14-2-1-3-16(10-14)26-12-25-18-9-6-15(24)11-19(18)26/h1-12H,24H2. The van der Waals surface area contributed by atoms with Gasteiger partial charge in [-0.2, -0.15) is 0 Å². The first-order chi connectivity index (χ1) is 12.9. The molecule has 4 aromatic rings. The summed E-state index contributed by atoms with van der Waals surface area (Å²) in [7, 11) is 0. The van der Waals surface area contributed by atoms with E-state index in [9.17, 15) is 13.2 Å². The average molecular weight is 369 g/mol. The molecule has 0 atom stereocenters. The highest BCUT2D eigenvalue weighted by molar-refractivity contribution is 5.81. The molecule has 0 spiro atoms. The van der Waals surface area contributed by atoms with Crippen molar-refractivity contribution in [3.8, 4) is 22.6 Å². The minimum atomic E-state index is -4.70. The van der Waals surface area contributed by atoms with Crippen molar-refractivity contribution >= 4 is 16.7 Å². The van der Waals surface area contributed by atoms with Crippen molar-refractivity contribution < 1.29 is 17.9 Å². The van der Waals surface area contributed by atoms with Crippen LogP contribution in [-0.4, -0.2) is 15.9 Å². The Bertz CT molecular complexity index is 1100. The highest BCUT2D eigenvalue weighted by atomic mass is 19.4. The number of aromatic nitrogens is 2. The monoisotopic (exact) mass is 369 g/mol. The number of fused-ring (bicyclic) bond motifs is 1. The van der Waals surface area contributed by atoms with E-state index < -0.39 is 6.36 Å². The number of anilines is 1. The lowest BCUT2D eigenvalue weighted by molar-refractivity contribution is -0.274. The summed E-state index contributed by atoms with van der Waals surface area (Å²) in [5, 5.41) is 0. The van der Waals surface area contributed by atoms with Gasteiger partial charge in [0.2, 0.25) is 0 Å². The lowest BCUT2D eigenvalue weighted by Crippen LogP contribution is -2.16. The molecule has 0 bridgehead atoms. The number of halogens is 3. The molecular weight excluding hydrogens is 355 g/mol. The van der Waals surface area contributed by atoms with Crippen LogP contribution in [-0.2, 0) is 0 Å². The number of nitrogens with zero attached hydrogens (tertiary/aromatic N) is 2. The van der Waals surface area contributed by atoms with Crippen LogP contribution in [0.5, 0.6) is 5.75 Å². The Morgan fingerprint density at radius 3 is 2.41 bits per heavy atom. The van der Waals surface area contributed by atoms with Crippen molar-refractivity contribution in [1.29, 1.82) is 0 Å². The van der Waals surface area contributed by atoms with E-state index in [4.69, 9.17) is 5.73 Å². The Morgan fingerprint density at radius 2 is 1.67 bits per heavy atom. The van der Waals surface area contributed by atoms with Crippen molar-refractivity contribution in [2.24, 2.45) is 0 Å². The summed E-state index contributed by atoms with van der Waals surface area (Å²) < 4.78 is 42.7. The second kappa shape index (κ2) is 6.35. The molecule has 1 aromatic heterocycles. The Labute approximate surface area is 152 Å². The van der Waals surface area contributed by atoms with E-state index >= 15 is 0 Å². The third kappa shape index (κ3) is 3.57. The van der Waals surface area contributed by atoms with Crippen molar-refractivity contribution in [2.45, 2.75) is 6.36 Å². The molecule has 0 amide bonds. The van der Waals surface area contributed by atoms with Crippen LogP contribution in [0.3, 0.4) is 0 Å². The number of ether oxygens (including phenoxy) is 1. The normalized spacial score (nSPS) is 11.7. The van der Waals surface area contributed by atoms with Gasteiger partial charge in [0, 0.05) is 11.4 Å². The van der Waals surface area contributed by atoms with Crippen molar-refractivity contribution in [1.82, 2.24) is 9.55 Å². The van der Waals surface area contributed by atoms with E-state index in [2.05, 4.69) is 9.72 Å². The van der Waals surface area contributed by atoms with Gasteiger partial charge in [0.15, 0.2) is 0 Å². The van der Waals surface area contributed by atoms with E-state index in [-0.39, 0.29) is 5.75 Å². The molecule has 0 saturated carbocycles. The highest BCUT2D eigenvalue weighted by Gasteiger charge is 2.30. The van der Waals surface area contributed by atoms with E-state index in [1.165, 1.54) is 12.1 Å². The fourth-order valence-corrected chi connectivity index (χ4v) is 2.91. The van der Waals surface area contributed by atoms with Crippen LogP contribution < -0.4 is 10.5 Å². The van der Waals surface area contributed by atoms with E-state index in [0.717, 1.165) is 27.8 Å². The molecule has 136 valence electrons. The van der Waals surface area contributed by atoms with Gasteiger partial charge in [0.25, 0.3) is 0 Å². The molecule has 0 unspecified atom stereocenters. The van der Waals surface area contributed by atoms with Crippen LogP contribution in [0.2, 0.25) is 0 Å². The molecule has 1 heterocycles. The summed E-state index contributed by atoms with van der Waals surface area (Å²) in [4.78, 5) is 4.37. The second-order valence-electron chi connectivity index (χ2n) is 5.99. The van der Waals surface area contributed by atoms with E-state index in [1.54, 1.807) is 24.5 Å². The van der Waals surface area contributed by atoms with Gasteiger partial charge >= 0.3 is 6.36 Å². The summed E-state index contributed by atoms with van der Waals surface area (Å²) in [5.41, 5.74) is 10.7. The Hall–Kier alpha value is -3.48. The van der Waals surface area contributed by atoms with Gasteiger partial charge < -0.3 is 10.5 Å². The first kappa shape index (κ1) is 17.0. The summed E-state index contributed by atoms with van der Waals surface area (Å²) >= 11 is 0. The number of nitrogen functional groups attached to an aromatic ring is 1. The Kier molecular flexibility index (Phi) is 3.99. The topological polar surface area (TPSA) is 53.1 Å². The molecular formula is C20H14F3N3O. The first-order valence-electron chi connectivity index (χ1n) is 8.08. The number of nitrogens with two attached hydrogens (primary N) is 1. The van der Waals surface area contributed by atoms with Crippen molar-refractivity contribution in [3.05, 3.63) is 73.1 Å². The largest absolute Gasteiger partial charge is 0.573 e. The van der Waals surface area contributed by atoms with Gasteiger partial charge in [-0.25, -0.2) is 4.98 Å². The van der Waals surface area contributed by atoms with Gasteiger partial charge in [0.1, 0.15) is 12.1 Å². The fourth-order valence-electron chi connectivity index (χ4n) is 2.91. The zero-order chi connectivity index (χ0) is 19.0. The second-order valence-corrected chi connectivity index (χ2v) is 5.99. The lowest BCUT2D eigenvalue weighted by Gasteiger charge is -2.10. The minimum absolute atomic E-state index is 0.251. The predicted molar refractivity (Wildman–Crippen MR) is 97.6 cm³/mol. The molecule has 0 saturated heterocycles. The molecule has 3 aromatic carbocycles. The predicted octanol–water partition coefficient (Wildman–Crippen LogP) is 5.17. The van der Waals surface area contributed by atoms with Crippen LogP contribution >= 0.6 is 0 Å². The fraction of sp³-hybridized carbons (Fsp3) is 0.0500. The smallest absolute Gasteiger partial charge is 0.406 e. The number of alkyl halides is 3. The van der Waals surface area contributed by atoms with Crippen LogP contribution in [0.25, 0.3) is 27.8 Å². The van der Waals surface area contributed by atoms with Crippen LogP contribution in [0.15, 0.2) is 73.1 Å². The molecule has 0 fully saturated rings. The van der Waals surface area contributed by atoms with Gasteiger partial charge in [0.05, 0.1) is 11.0 Å². The van der Waals surface area contributed by atoms with E-state index in [0.29, 0.717) is 5.69 Å². The quantitative estimate of drug-likeness (QED) is 0.507. The Morgan fingerprint density at radius 1 is 0.889 bits per heavy atom. The molecule has 4 nitrogen and oxygen atoms in total. The molecule has 27 heavy (non-hydrogen) atoms. The van der Waals surface area contributed by atoms with E-state index in [1.807, 2.05) is 41.0 Å². The molecule has 0 radical (unpaired) electrons. The number of hydrogen-bond donors (Lipinski definition) is 1. The number of rotatable bonds is 3. The van der Waals surface area contributed by atoms with Crippen molar-refractivity contribution in [2.75, 3.05) is 5.73 Å². The van der Waals surface area contributed by atoms with Crippen LogP contribution in [0.4, 0.5) is 18.9 Å². The molecule has 0 aliphatic rings. The minimum Gasteiger partial charge on any atom is -0.406 e. The number of imidazole rings is 1. The zero-order valence-electron chi connectivity index (χ0n) is 13.9. The summed E-state index contributed by atoms with van der Waals surface area (Å²) in [5.74, 6) is -0.251. The number of hydrogen-bond acceptors (Lipinski definition) is 3. The summed E-state index contributed by atoms with van der Waals surface area (Å²) in [6.45, 7) is 0. The maximum atomic E-state index is 12.3. The van der Waals surface area contributed by atoms with Crippen molar-refractivity contribution in [3.63, 3.8) is 0 Å².